The summed E-state index contributed by atoms with van der Waals surface area (Å²) in [5, 5.41) is 3.72. The Morgan fingerprint density at radius 1 is 1.02 bits per heavy atom. The van der Waals surface area contributed by atoms with E-state index < -0.39 is 49.1 Å². The normalized spacial score (nSPS) is 21.1. The third-order valence-electron chi connectivity index (χ3n) is 9.13. The molecular formula is C36H43Cl3F2N2O4Si. The lowest BCUT2D eigenvalue weighted by Crippen LogP contribution is -2.58. The van der Waals surface area contributed by atoms with Crippen molar-refractivity contribution in [2.24, 2.45) is 0 Å². The predicted octanol–water partition coefficient (Wildman–Crippen LogP) is 9.53. The van der Waals surface area contributed by atoms with Gasteiger partial charge in [-0.25, -0.2) is 8.78 Å². The van der Waals surface area contributed by atoms with Crippen molar-refractivity contribution in [2.45, 2.75) is 82.5 Å². The molecule has 5 rings (SSSR count). The van der Waals surface area contributed by atoms with Crippen molar-refractivity contribution in [1.29, 1.82) is 0 Å². The van der Waals surface area contributed by atoms with Crippen LogP contribution in [0.15, 0.2) is 54.6 Å². The SMILES string of the molecule is CC(C)Oc1ccc(F)c(F)c1[C@@H]1N(CCCCl)C(=O)C[C@@H](c2cccc(Cl)c2)[C@]12C(=O)Nc1cc(Cl)ccc12.COC(C)[Si](C)(C)C. The van der Waals surface area contributed by atoms with Gasteiger partial charge in [-0.3, -0.25) is 9.59 Å². The van der Waals surface area contributed by atoms with Gasteiger partial charge >= 0.3 is 0 Å². The van der Waals surface area contributed by atoms with Crippen LogP contribution in [-0.2, 0) is 19.7 Å². The number of hydrogen-bond donors (Lipinski definition) is 1. The van der Waals surface area contributed by atoms with Gasteiger partial charge in [0.05, 0.1) is 25.8 Å². The molecule has 0 saturated carbocycles. The zero-order chi connectivity index (χ0) is 35.6. The Labute approximate surface area is 298 Å². The lowest BCUT2D eigenvalue weighted by atomic mass is 9.58. The van der Waals surface area contributed by atoms with E-state index in [1.54, 1.807) is 63.4 Å². The number of rotatable bonds is 9. The number of nitrogens with one attached hydrogen (secondary N) is 1. The Balaban J connectivity index is 0.000000579. The minimum absolute atomic E-state index is 0.0453. The maximum absolute atomic E-state index is 16.1. The van der Waals surface area contributed by atoms with E-state index in [1.165, 1.54) is 11.0 Å². The molecule has 12 heteroatoms. The molecule has 1 saturated heterocycles. The first-order chi connectivity index (χ1) is 22.6. The fraction of sp³-hybridized carbons (Fsp3) is 0.444. The summed E-state index contributed by atoms with van der Waals surface area (Å²) in [6.45, 7) is 12.7. The van der Waals surface area contributed by atoms with E-state index in [1.807, 2.05) is 0 Å². The van der Waals surface area contributed by atoms with Gasteiger partial charge in [-0.2, -0.15) is 0 Å². The van der Waals surface area contributed by atoms with Crippen LogP contribution < -0.4 is 10.1 Å². The van der Waals surface area contributed by atoms with E-state index in [0.717, 1.165) is 6.07 Å². The van der Waals surface area contributed by atoms with E-state index in [9.17, 15) is 9.59 Å². The van der Waals surface area contributed by atoms with Gasteiger partial charge < -0.3 is 19.7 Å². The van der Waals surface area contributed by atoms with E-state index in [4.69, 9.17) is 44.3 Å². The van der Waals surface area contributed by atoms with Gasteiger partial charge in [0.25, 0.3) is 0 Å². The molecule has 2 amide bonds. The number of amides is 2. The van der Waals surface area contributed by atoms with Crippen molar-refractivity contribution in [3.05, 3.63) is 93.0 Å². The summed E-state index contributed by atoms with van der Waals surface area (Å²) in [6, 6.07) is 12.9. The summed E-state index contributed by atoms with van der Waals surface area (Å²) < 4.78 is 42.3. The molecule has 2 aliphatic heterocycles. The third kappa shape index (κ3) is 7.55. The number of carbonyl (C=O) groups is 2. The van der Waals surface area contributed by atoms with Crippen LogP contribution >= 0.6 is 34.8 Å². The number of benzene rings is 3. The number of fused-ring (bicyclic) bond motifs is 2. The largest absolute Gasteiger partial charge is 0.491 e. The molecule has 48 heavy (non-hydrogen) atoms. The molecule has 2 aliphatic rings. The Morgan fingerprint density at radius 2 is 1.71 bits per heavy atom. The molecule has 3 aromatic carbocycles. The monoisotopic (exact) mass is 738 g/mol. The highest BCUT2D eigenvalue weighted by atomic mass is 35.5. The van der Waals surface area contributed by atoms with Gasteiger partial charge in [-0.05, 0) is 74.7 Å². The number of anilines is 1. The molecule has 0 bridgehead atoms. The first-order valence-corrected chi connectivity index (χ1v) is 20.8. The fourth-order valence-corrected chi connectivity index (χ4v) is 7.66. The van der Waals surface area contributed by atoms with Crippen LogP contribution in [0.4, 0.5) is 14.5 Å². The number of halogens is 5. The molecule has 1 N–H and O–H groups in total. The van der Waals surface area contributed by atoms with Crippen molar-refractivity contribution in [3.63, 3.8) is 0 Å². The summed E-state index contributed by atoms with van der Waals surface area (Å²) in [6.07, 6.45) is -0.109. The van der Waals surface area contributed by atoms with Crippen LogP contribution in [0, 0.1) is 11.6 Å². The summed E-state index contributed by atoms with van der Waals surface area (Å²) in [4.78, 5) is 29.8. The standard InChI is InChI=1S/C30H27Cl3F2N2O3.C6H16OSi/c1-16(2)40-24-10-9-22(34)27(35)26(24)28-30(20-8-7-19(33)14-23(20)36-29(30)39)21(17-5-3-6-18(32)13-17)15-25(38)37(28)12-4-11-31;1-6(7-2)8(3,4)5/h3,5-10,13-14,16,21,28H,4,11-12,15H2,1-2H3,(H,36,39);6H,1-5H3/t21-,28-,30-;/m0./s1. The average molecular weight is 740 g/mol. The summed E-state index contributed by atoms with van der Waals surface area (Å²) in [5.41, 5.74) is 0.255. The lowest BCUT2D eigenvalue weighted by Gasteiger charge is -2.51. The summed E-state index contributed by atoms with van der Waals surface area (Å²) in [7, 11) is 0.798. The second-order valence-electron chi connectivity index (χ2n) is 13.5. The van der Waals surface area contributed by atoms with Crippen molar-refractivity contribution in [1.82, 2.24) is 4.90 Å². The maximum Gasteiger partial charge on any atom is 0.238 e. The molecule has 0 aromatic heterocycles. The highest BCUT2D eigenvalue weighted by molar-refractivity contribution is 6.77. The molecule has 0 aliphatic carbocycles. The Hall–Kier alpha value is -2.69. The maximum atomic E-state index is 16.1. The van der Waals surface area contributed by atoms with Crippen LogP contribution in [0.1, 0.15) is 62.3 Å². The molecule has 0 radical (unpaired) electrons. The lowest BCUT2D eigenvalue weighted by molar-refractivity contribution is -0.145. The van der Waals surface area contributed by atoms with Gasteiger partial charge in [0.1, 0.15) is 11.2 Å². The third-order valence-corrected chi connectivity index (χ3v) is 12.5. The molecule has 4 atom stereocenters. The van der Waals surface area contributed by atoms with Crippen molar-refractivity contribution < 1.29 is 27.8 Å². The van der Waals surface area contributed by atoms with Crippen molar-refractivity contribution in [3.8, 4) is 5.75 Å². The van der Waals surface area contributed by atoms with E-state index in [2.05, 4.69) is 31.9 Å². The molecular weight excluding hydrogens is 697 g/mol. The number of ether oxygens (including phenoxy) is 2. The van der Waals surface area contributed by atoms with E-state index in [-0.39, 0.29) is 36.1 Å². The summed E-state index contributed by atoms with van der Waals surface area (Å²) in [5.74, 6) is -3.63. The van der Waals surface area contributed by atoms with Gasteiger partial charge in [0.2, 0.25) is 11.8 Å². The molecule has 1 spiro atoms. The first kappa shape index (κ1) is 38.1. The minimum Gasteiger partial charge on any atom is -0.491 e. The van der Waals surface area contributed by atoms with Gasteiger partial charge in [-0.1, -0.05) is 61.0 Å². The molecule has 6 nitrogen and oxygen atoms in total. The Bertz CT molecular complexity index is 1650. The predicted molar refractivity (Wildman–Crippen MR) is 192 cm³/mol. The highest BCUT2D eigenvalue weighted by Crippen LogP contribution is 2.61. The molecule has 3 aromatic rings. The average Bonchev–Trinajstić information content (AvgIpc) is 3.29. The van der Waals surface area contributed by atoms with Crippen LogP contribution in [0.2, 0.25) is 29.7 Å². The van der Waals surface area contributed by atoms with Crippen LogP contribution in [0.5, 0.6) is 5.75 Å². The summed E-state index contributed by atoms with van der Waals surface area (Å²) >= 11 is 18.7. The molecule has 1 unspecified atom stereocenters. The number of carbonyl (C=O) groups excluding carboxylic acids is 2. The highest BCUT2D eigenvalue weighted by Gasteiger charge is 2.64. The van der Waals surface area contributed by atoms with Gasteiger partial charge in [-0.15, -0.1) is 11.6 Å². The van der Waals surface area contributed by atoms with Gasteiger partial charge in [0, 0.05) is 53.3 Å². The Morgan fingerprint density at radius 3 is 2.29 bits per heavy atom. The Kier molecular flexibility index (Phi) is 12.3. The zero-order valence-corrected chi connectivity index (χ0v) is 31.6. The van der Waals surface area contributed by atoms with Crippen molar-refractivity contribution in [2.75, 3.05) is 24.9 Å². The second kappa shape index (κ2) is 15.5. The topological polar surface area (TPSA) is 67.9 Å². The molecule has 1 fully saturated rings. The second-order valence-corrected chi connectivity index (χ2v) is 20.3. The van der Waals surface area contributed by atoms with Gasteiger partial charge in [0.15, 0.2) is 11.6 Å². The number of hydrogen-bond acceptors (Lipinski definition) is 4. The number of alkyl halides is 1. The zero-order valence-electron chi connectivity index (χ0n) is 28.3. The van der Waals surface area contributed by atoms with Crippen LogP contribution in [0.3, 0.4) is 0 Å². The number of likely N-dealkylation sites (tertiary alicyclic amines) is 1. The number of nitrogens with zero attached hydrogens (tertiary/aromatic N) is 1. The van der Waals surface area contributed by atoms with E-state index >= 15 is 8.78 Å². The fourth-order valence-electron chi connectivity index (χ4n) is 6.46. The number of methoxy groups -OCH3 is 1. The van der Waals surface area contributed by atoms with Crippen LogP contribution in [-0.4, -0.2) is 56.2 Å². The quantitative estimate of drug-likeness (QED) is 0.175. The van der Waals surface area contributed by atoms with E-state index in [0.29, 0.717) is 39.0 Å². The first-order valence-electron chi connectivity index (χ1n) is 16.0. The molecule has 2 heterocycles. The smallest absolute Gasteiger partial charge is 0.238 e. The minimum atomic E-state index is -1.59. The number of piperidine rings is 1. The molecule has 260 valence electrons. The van der Waals surface area contributed by atoms with Crippen LogP contribution in [0.25, 0.3) is 0 Å². The van der Waals surface area contributed by atoms with Crippen molar-refractivity contribution >= 4 is 60.4 Å².